The lowest BCUT2D eigenvalue weighted by molar-refractivity contribution is -0.154. The molecule has 0 radical (unpaired) electrons. The maximum Gasteiger partial charge on any atom is 0.416 e. The third kappa shape index (κ3) is 6.92. The number of alkyl halides is 3. The molecular weight excluding hydrogens is 555 g/mol. The predicted octanol–water partition coefficient (Wildman–Crippen LogP) is 7.82. The second kappa shape index (κ2) is 12.6. The fourth-order valence-corrected chi connectivity index (χ4v) is 5.78. The van der Waals surface area contributed by atoms with Gasteiger partial charge in [-0.2, -0.15) is 18.3 Å². The number of fused-ring (bicyclic) bond motifs is 1. The smallest absolute Gasteiger partial charge is 0.416 e. The lowest BCUT2D eigenvalue weighted by atomic mass is 9.86. The van der Waals surface area contributed by atoms with Crippen LogP contribution < -0.4 is 5.32 Å². The van der Waals surface area contributed by atoms with Gasteiger partial charge in [0.2, 0.25) is 0 Å². The monoisotopic (exact) mass is 591 g/mol. The summed E-state index contributed by atoms with van der Waals surface area (Å²) < 4.78 is 46.7. The van der Waals surface area contributed by atoms with Crippen molar-refractivity contribution in [3.8, 4) is 0 Å². The summed E-state index contributed by atoms with van der Waals surface area (Å²) in [7, 11) is 0. The van der Waals surface area contributed by atoms with E-state index in [9.17, 15) is 22.8 Å². The topological polar surface area (TPSA) is 73.2 Å². The van der Waals surface area contributed by atoms with E-state index in [2.05, 4.69) is 10.4 Å². The van der Waals surface area contributed by atoms with Gasteiger partial charge in [-0.05, 0) is 87.8 Å². The van der Waals surface area contributed by atoms with Gasteiger partial charge in [-0.3, -0.25) is 14.3 Å². The first kappa shape index (κ1) is 30.3. The number of halogens is 3. The van der Waals surface area contributed by atoms with Crippen LogP contribution in [0.25, 0.3) is 10.9 Å². The molecular formula is C34H36F3N3O3. The summed E-state index contributed by atoms with van der Waals surface area (Å²) in [5.74, 6) is -0.723. The van der Waals surface area contributed by atoms with Gasteiger partial charge in [0.1, 0.15) is 6.10 Å². The molecule has 1 fully saturated rings. The molecule has 0 bridgehead atoms. The number of benzene rings is 3. The Labute approximate surface area is 249 Å². The summed E-state index contributed by atoms with van der Waals surface area (Å²) >= 11 is 0. The normalized spacial score (nSPS) is 18.0. The standard InChI is InChI=1S/C34H36F3N3O3/c1-21(2)40-29-11-7-10-26(20-23-12-16-27(17-13-23)34(35,36)37)30(29)31(39-40)32(41)38-28-18-14-25(15-19-28)33(42)43-22(3)24-8-5-4-6-9-24/h4-13,16-17,21-22,25,28H,14-15,18-20H2,1-3H3,(H,38,41)/t22-,25-,28+/m0/s1. The van der Waals surface area contributed by atoms with E-state index in [1.807, 2.05) is 69.3 Å². The van der Waals surface area contributed by atoms with Crippen molar-refractivity contribution in [2.45, 2.75) is 77.2 Å². The van der Waals surface area contributed by atoms with Crippen molar-refractivity contribution in [3.05, 3.63) is 101 Å². The highest BCUT2D eigenvalue weighted by Gasteiger charge is 2.32. The molecule has 43 heavy (non-hydrogen) atoms. The van der Waals surface area contributed by atoms with Crippen LogP contribution in [-0.2, 0) is 22.1 Å². The Kier molecular flexibility index (Phi) is 8.89. The molecule has 1 N–H and O–H groups in total. The lowest BCUT2D eigenvalue weighted by Gasteiger charge is -2.28. The maximum absolute atomic E-state index is 13.6. The number of hydrogen-bond donors (Lipinski definition) is 1. The van der Waals surface area contributed by atoms with Crippen molar-refractivity contribution in [3.63, 3.8) is 0 Å². The Morgan fingerprint density at radius 2 is 1.60 bits per heavy atom. The Bertz CT molecular complexity index is 1570. The Morgan fingerprint density at radius 3 is 2.23 bits per heavy atom. The van der Waals surface area contributed by atoms with Crippen LogP contribution in [0.2, 0.25) is 0 Å². The third-order valence-corrected chi connectivity index (χ3v) is 8.16. The number of ether oxygens (including phenoxy) is 1. The van der Waals surface area contributed by atoms with Gasteiger partial charge in [0.25, 0.3) is 5.91 Å². The van der Waals surface area contributed by atoms with Gasteiger partial charge in [0, 0.05) is 17.5 Å². The average Bonchev–Trinajstić information content (AvgIpc) is 3.39. The van der Waals surface area contributed by atoms with Gasteiger partial charge in [-0.15, -0.1) is 0 Å². The van der Waals surface area contributed by atoms with Crippen LogP contribution in [0.3, 0.4) is 0 Å². The molecule has 9 heteroatoms. The molecule has 1 saturated carbocycles. The molecule has 226 valence electrons. The van der Waals surface area contributed by atoms with Crippen LogP contribution in [0.15, 0.2) is 72.8 Å². The summed E-state index contributed by atoms with van der Waals surface area (Å²) in [5, 5.41) is 8.51. The molecule has 1 atom stereocenters. The van der Waals surface area contributed by atoms with Crippen molar-refractivity contribution in [2.75, 3.05) is 0 Å². The number of aromatic nitrogens is 2. The summed E-state index contributed by atoms with van der Waals surface area (Å²) in [4.78, 5) is 26.5. The van der Waals surface area contributed by atoms with Crippen LogP contribution in [0, 0.1) is 5.92 Å². The minimum atomic E-state index is -4.40. The maximum atomic E-state index is 13.6. The first-order chi connectivity index (χ1) is 20.5. The van der Waals surface area contributed by atoms with E-state index in [0.717, 1.165) is 28.8 Å². The SMILES string of the molecule is CC(C)n1nc(C(=O)N[C@H]2CC[C@@H](C(=O)O[C@@H](C)c3ccccc3)CC2)c2c(Cc3ccc(C(F)(F)F)cc3)cccc21. The van der Waals surface area contributed by atoms with Crippen LogP contribution in [-0.4, -0.2) is 27.7 Å². The largest absolute Gasteiger partial charge is 0.458 e. The minimum Gasteiger partial charge on any atom is -0.458 e. The molecule has 0 spiro atoms. The molecule has 1 amide bonds. The molecule has 1 aliphatic rings. The number of nitrogens with zero attached hydrogens (tertiary/aromatic N) is 2. The summed E-state index contributed by atoms with van der Waals surface area (Å²) in [6.45, 7) is 5.83. The van der Waals surface area contributed by atoms with Crippen molar-refractivity contribution < 1.29 is 27.5 Å². The Hall–Kier alpha value is -4.14. The minimum absolute atomic E-state index is 0.00917. The summed E-state index contributed by atoms with van der Waals surface area (Å²) in [6, 6.07) is 20.3. The van der Waals surface area contributed by atoms with E-state index in [0.29, 0.717) is 48.7 Å². The first-order valence-corrected chi connectivity index (χ1v) is 14.7. The molecule has 0 saturated heterocycles. The molecule has 1 aromatic heterocycles. The molecule has 4 aromatic rings. The molecule has 0 unspecified atom stereocenters. The highest BCUT2D eigenvalue weighted by molar-refractivity contribution is 6.06. The fourth-order valence-electron chi connectivity index (χ4n) is 5.78. The van der Waals surface area contributed by atoms with Crippen LogP contribution >= 0.6 is 0 Å². The van der Waals surface area contributed by atoms with Crippen molar-refractivity contribution >= 4 is 22.8 Å². The zero-order chi connectivity index (χ0) is 30.7. The number of carbonyl (C=O) groups is 2. The average molecular weight is 592 g/mol. The highest BCUT2D eigenvalue weighted by Crippen LogP contribution is 2.32. The van der Waals surface area contributed by atoms with Crippen LogP contribution in [0.5, 0.6) is 0 Å². The Balaban J connectivity index is 1.28. The van der Waals surface area contributed by atoms with Gasteiger partial charge >= 0.3 is 12.1 Å². The predicted molar refractivity (Wildman–Crippen MR) is 159 cm³/mol. The molecule has 5 rings (SSSR count). The summed E-state index contributed by atoms with van der Waals surface area (Å²) in [5.41, 5.74) is 2.86. The van der Waals surface area contributed by atoms with Gasteiger partial charge in [0.05, 0.1) is 17.0 Å². The van der Waals surface area contributed by atoms with E-state index in [-0.39, 0.29) is 36.0 Å². The van der Waals surface area contributed by atoms with E-state index in [4.69, 9.17) is 4.74 Å². The highest BCUT2D eigenvalue weighted by atomic mass is 19.4. The lowest BCUT2D eigenvalue weighted by Crippen LogP contribution is -2.39. The molecule has 0 aliphatic heterocycles. The first-order valence-electron chi connectivity index (χ1n) is 14.7. The Morgan fingerprint density at radius 1 is 0.930 bits per heavy atom. The number of carbonyl (C=O) groups excluding carboxylic acids is 2. The quantitative estimate of drug-likeness (QED) is 0.212. The number of nitrogens with one attached hydrogen (secondary N) is 1. The van der Waals surface area contributed by atoms with E-state index < -0.39 is 11.7 Å². The molecule has 6 nitrogen and oxygen atoms in total. The third-order valence-electron chi connectivity index (χ3n) is 8.16. The van der Waals surface area contributed by atoms with Gasteiger partial charge < -0.3 is 10.1 Å². The second-order valence-electron chi connectivity index (χ2n) is 11.6. The molecule has 1 heterocycles. The van der Waals surface area contributed by atoms with Gasteiger partial charge in [-0.25, -0.2) is 0 Å². The second-order valence-corrected chi connectivity index (χ2v) is 11.6. The number of esters is 1. The number of hydrogen-bond acceptors (Lipinski definition) is 4. The zero-order valence-corrected chi connectivity index (χ0v) is 24.5. The van der Waals surface area contributed by atoms with Gasteiger partial charge in [0.15, 0.2) is 5.69 Å². The zero-order valence-electron chi connectivity index (χ0n) is 24.5. The van der Waals surface area contributed by atoms with Crippen molar-refractivity contribution in [1.82, 2.24) is 15.1 Å². The van der Waals surface area contributed by atoms with Gasteiger partial charge in [-0.1, -0.05) is 54.6 Å². The van der Waals surface area contributed by atoms with E-state index >= 15 is 0 Å². The van der Waals surface area contributed by atoms with Crippen LogP contribution in [0.4, 0.5) is 13.2 Å². The molecule has 1 aliphatic carbocycles. The van der Waals surface area contributed by atoms with Crippen molar-refractivity contribution in [1.29, 1.82) is 0 Å². The molecule has 3 aromatic carbocycles. The fraction of sp³-hybridized carbons (Fsp3) is 0.382. The van der Waals surface area contributed by atoms with E-state index in [1.54, 1.807) is 4.68 Å². The number of amides is 1. The number of rotatable bonds is 8. The summed E-state index contributed by atoms with van der Waals surface area (Å²) in [6.07, 6.45) is -1.85. The van der Waals surface area contributed by atoms with Crippen molar-refractivity contribution in [2.24, 2.45) is 5.92 Å². The van der Waals surface area contributed by atoms with E-state index in [1.165, 1.54) is 12.1 Å². The van der Waals surface area contributed by atoms with Crippen LogP contribution in [0.1, 0.15) is 91.3 Å².